The minimum absolute atomic E-state index is 0. The Morgan fingerprint density at radius 3 is 2.70 bits per heavy atom. The number of guanidine groups is 1. The van der Waals surface area contributed by atoms with Gasteiger partial charge in [-0.1, -0.05) is 41.9 Å². The number of rotatable bonds is 5. The molecule has 1 heterocycles. The van der Waals surface area contributed by atoms with Crippen molar-refractivity contribution in [2.45, 2.75) is 33.2 Å². The Morgan fingerprint density at radius 2 is 2.09 bits per heavy atom. The molecule has 1 aromatic carbocycles. The van der Waals surface area contributed by atoms with Gasteiger partial charge >= 0.3 is 0 Å². The molecule has 6 nitrogen and oxygen atoms in total. The molecule has 2 aromatic rings. The molecule has 2 rings (SSSR count). The predicted molar refractivity (Wildman–Crippen MR) is 102 cm³/mol. The minimum atomic E-state index is 0. The summed E-state index contributed by atoms with van der Waals surface area (Å²) in [6.07, 6.45) is 0. The van der Waals surface area contributed by atoms with Crippen LogP contribution in [0.3, 0.4) is 0 Å². The van der Waals surface area contributed by atoms with E-state index in [0.29, 0.717) is 24.2 Å². The van der Waals surface area contributed by atoms with E-state index in [2.05, 4.69) is 63.9 Å². The molecule has 0 aliphatic carbocycles. The van der Waals surface area contributed by atoms with Gasteiger partial charge in [-0.2, -0.15) is 4.98 Å². The second-order valence-electron chi connectivity index (χ2n) is 5.35. The number of aromatic nitrogens is 2. The van der Waals surface area contributed by atoms with Crippen molar-refractivity contribution in [2.75, 3.05) is 13.6 Å². The van der Waals surface area contributed by atoms with E-state index in [1.54, 1.807) is 14.0 Å². The summed E-state index contributed by atoms with van der Waals surface area (Å²) in [5, 5.41) is 10.3. The summed E-state index contributed by atoms with van der Waals surface area (Å²) in [6, 6.07) is 8.56. The second kappa shape index (κ2) is 9.49. The molecule has 0 aliphatic rings. The van der Waals surface area contributed by atoms with E-state index in [1.807, 2.05) is 0 Å². The fourth-order valence-electron chi connectivity index (χ4n) is 2.14. The lowest BCUT2D eigenvalue weighted by molar-refractivity contribution is 0.386. The van der Waals surface area contributed by atoms with E-state index in [0.717, 1.165) is 12.5 Å². The first-order valence-corrected chi connectivity index (χ1v) is 7.38. The summed E-state index contributed by atoms with van der Waals surface area (Å²) < 4.78 is 4.94. The molecule has 0 spiro atoms. The fourth-order valence-corrected chi connectivity index (χ4v) is 2.14. The SMILES string of the molecule is CN=C(NCc1noc(C)n1)NCC(C)c1cccc(C)c1.I. The predicted octanol–water partition coefficient (Wildman–Crippen LogP) is 2.77. The Hall–Kier alpha value is -1.64. The van der Waals surface area contributed by atoms with Gasteiger partial charge in [-0.25, -0.2) is 0 Å². The Labute approximate surface area is 154 Å². The highest BCUT2D eigenvalue weighted by Gasteiger charge is 2.08. The molecule has 126 valence electrons. The summed E-state index contributed by atoms with van der Waals surface area (Å²) in [6.45, 7) is 7.35. The zero-order chi connectivity index (χ0) is 15.9. The minimum Gasteiger partial charge on any atom is -0.356 e. The Balaban J connectivity index is 0.00000264. The fraction of sp³-hybridized carbons (Fsp3) is 0.438. The number of aryl methyl sites for hydroxylation is 2. The van der Waals surface area contributed by atoms with Crippen LogP contribution in [-0.2, 0) is 6.54 Å². The van der Waals surface area contributed by atoms with Crippen molar-refractivity contribution in [2.24, 2.45) is 4.99 Å². The molecular formula is C16H24IN5O. The van der Waals surface area contributed by atoms with Gasteiger partial charge < -0.3 is 15.2 Å². The summed E-state index contributed by atoms with van der Waals surface area (Å²) in [5.74, 6) is 2.30. The first kappa shape index (κ1) is 19.4. The standard InChI is InChI=1S/C16H23N5O.HI/c1-11-6-5-7-14(8-11)12(2)9-18-16(17-4)19-10-15-20-13(3)22-21-15;/h5-8,12H,9-10H2,1-4H3,(H2,17,18,19);1H. The van der Waals surface area contributed by atoms with Crippen LogP contribution in [-0.4, -0.2) is 29.7 Å². The van der Waals surface area contributed by atoms with Gasteiger partial charge in [0, 0.05) is 20.5 Å². The van der Waals surface area contributed by atoms with Crippen molar-refractivity contribution >= 4 is 29.9 Å². The number of nitrogens with one attached hydrogen (secondary N) is 2. The van der Waals surface area contributed by atoms with Gasteiger partial charge in [0.25, 0.3) is 0 Å². The van der Waals surface area contributed by atoms with Gasteiger partial charge in [0.2, 0.25) is 5.89 Å². The van der Waals surface area contributed by atoms with Crippen LogP contribution in [0, 0.1) is 13.8 Å². The first-order valence-electron chi connectivity index (χ1n) is 7.38. The van der Waals surface area contributed by atoms with Crippen molar-refractivity contribution in [3.05, 3.63) is 47.1 Å². The average molecular weight is 429 g/mol. The largest absolute Gasteiger partial charge is 0.356 e. The van der Waals surface area contributed by atoms with Crippen LogP contribution in [0.2, 0.25) is 0 Å². The van der Waals surface area contributed by atoms with E-state index in [4.69, 9.17) is 4.52 Å². The number of halogens is 1. The summed E-state index contributed by atoms with van der Waals surface area (Å²) in [4.78, 5) is 8.35. The van der Waals surface area contributed by atoms with Gasteiger partial charge in [-0.15, -0.1) is 24.0 Å². The van der Waals surface area contributed by atoms with Crippen LogP contribution in [0.4, 0.5) is 0 Å². The van der Waals surface area contributed by atoms with Crippen LogP contribution in [0.5, 0.6) is 0 Å². The number of hydrogen-bond donors (Lipinski definition) is 2. The van der Waals surface area contributed by atoms with Crippen LogP contribution in [0.25, 0.3) is 0 Å². The van der Waals surface area contributed by atoms with E-state index in [9.17, 15) is 0 Å². The van der Waals surface area contributed by atoms with Gasteiger partial charge in [0.1, 0.15) is 0 Å². The summed E-state index contributed by atoms with van der Waals surface area (Å²) >= 11 is 0. The lowest BCUT2D eigenvalue weighted by Gasteiger charge is -2.16. The van der Waals surface area contributed by atoms with Crippen LogP contribution >= 0.6 is 24.0 Å². The third-order valence-corrected chi connectivity index (χ3v) is 3.39. The summed E-state index contributed by atoms with van der Waals surface area (Å²) in [5.41, 5.74) is 2.59. The van der Waals surface area contributed by atoms with Gasteiger partial charge in [-0.05, 0) is 18.4 Å². The highest BCUT2D eigenvalue weighted by atomic mass is 127. The maximum atomic E-state index is 4.94. The maximum Gasteiger partial charge on any atom is 0.223 e. The number of aliphatic imine (C=N–C) groups is 1. The average Bonchev–Trinajstić information content (AvgIpc) is 2.92. The van der Waals surface area contributed by atoms with Crippen molar-refractivity contribution in [3.63, 3.8) is 0 Å². The smallest absolute Gasteiger partial charge is 0.223 e. The third kappa shape index (κ3) is 6.17. The summed E-state index contributed by atoms with van der Waals surface area (Å²) in [7, 11) is 1.74. The maximum absolute atomic E-state index is 4.94. The number of hydrogen-bond acceptors (Lipinski definition) is 4. The lowest BCUT2D eigenvalue weighted by atomic mass is 9.99. The molecule has 1 unspecified atom stereocenters. The molecule has 0 saturated carbocycles. The molecule has 0 aliphatic heterocycles. The highest BCUT2D eigenvalue weighted by Crippen LogP contribution is 2.15. The van der Waals surface area contributed by atoms with Crippen LogP contribution < -0.4 is 10.6 Å². The van der Waals surface area contributed by atoms with E-state index < -0.39 is 0 Å². The molecule has 0 radical (unpaired) electrons. The topological polar surface area (TPSA) is 75.3 Å². The molecular weight excluding hydrogens is 405 g/mol. The monoisotopic (exact) mass is 429 g/mol. The number of benzene rings is 1. The van der Waals surface area contributed by atoms with Crippen molar-refractivity contribution in [1.29, 1.82) is 0 Å². The van der Waals surface area contributed by atoms with Crippen molar-refractivity contribution in [1.82, 2.24) is 20.8 Å². The van der Waals surface area contributed by atoms with Gasteiger partial charge in [0.15, 0.2) is 11.8 Å². The molecule has 1 atom stereocenters. The van der Waals surface area contributed by atoms with E-state index in [1.165, 1.54) is 11.1 Å². The molecule has 7 heteroatoms. The van der Waals surface area contributed by atoms with Gasteiger partial charge in [-0.3, -0.25) is 4.99 Å². The highest BCUT2D eigenvalue weighted by molar-refractivity contribution is 14.0. The zero-order valence-electron chi connectivity index (χ0n) is 14.0. The van der Waals surface area contributed by atoms with Crippen molar-refractivity contribution in [3.8, 4) is 0 Å². The molecule has 0 saturated heterocycles. The molecule has 0 bridgehead atoms. The molecule has 2 N–H and O–H groups in total. The molecule has 1 aromatic heterocycles. The molecule has 23 heavy (non-hydrogen) atoms. The zero-order valence-corrected chi connectivity index (χ0v) is 16.3. The van der Waals surface area contributed by atoms with Crippen LogP contribution in [0.1, 0.15) is 35.7 Å². The van der Waals surface area contributed by atoms with E-state index >= 15 is 0 Å². The Morgan fingerprint density at radius 1 is 1.30 bits per heavy atom. The lowest BCUT2D eigenvalue weighted by Crippen LogP contribution is -2.38. The third-order valence-electron chi connectivity index (χ3n) is 3.39. The van der Waals surface area contributed by atoms with Gasteiger partial charge in [0.05, 0.1) is 6.54 Å². The van der Waals surface area contributed by atoms with Crippen molar-refractivity contribution < 1.29 is 4.52 Å². The quantitative estimate of drug-likeness (QED) is 0.435. The van der Waals surface area contributed by atoms with E-state index in [-0.39, 0.29) is 24.0 Å². The second-order valence-corrected chi connectivity index (χ2v) is 5.35. The normalized spacial score (nSPS) is 12.4. The number of nitrogens with zero attached hydrogens (tertiary/aromatic N) is 3. The Kier molecular flexibility index (Phi) is 8.01. The van der Waals surface area contributed by atoms with Crippen LogP contribution in [0.15, 0.2) is 33.8 Å². The molecule has 0 fully saturated rings. The Bertz CT molecular complexity index is 641. The first-order chi connectivity index (χ1) is 10.6. The molecule has 0 amide bonds.